The van der Waals surface area contributed by atoms with Crippen molar-refractivity contribution in [2.24, 2.45) is 0 Å². The highest BCUT2D eigenvalue weighted by Gasteiger charge is 2.08. The van der Waals surface area contributed by atoms with Gasteiger partial charge in [0.1, 0.15) is 5.75 Å². The predicted molar refractivity (Wildman–Crippen MR) is 114 cm³/mol. The molecule has 0 aliphatic carbocycles. The Labute approximate surface area is 168 Å². The molecule has 148 valence electrons. The van der Waals surface area contributed by atoms with E-state index in [-0.39, 0.29) is 11.9 Å². The first-order chi connectivity index (χ1) is 14.0. The molecule has 29 heavy (non-hydrogen) atoms. The van der Waals surface area contributed by atoms with E-state index in [2.05, 4.69) is 16.0 Å². The molecule has 0 atom stereocenters. The number of nitrogens with one attached hydrogen (secondary N) is 3. The van der Waals surface area contributed by atoms with Crippen molar-refractivity contribution in [2.45, 2.75) is 6.54 Å². The number of nitrogens with two attached hydrogens (primary N) is 1. The molecule has 0 spiro atoms. The minimum absolute atomic E-state index is 0.250. The molecule has 0 bridgehead atoms. The van der Waals surface area contributed by atoms with E-state index in [1.807, 2.05) is 0 Å². The Bertz CT molecular complexity index is 986. The number of amides is 3. The predicted octanol–water partition coefficient (Wildman–Crippen LogP) is 3.85. The van der Waals surface area contributed by atoms with Gasteiger partial charge in [-0.15, -0.1) is 0 Å². The smallest absolute Gasteiger partial charge is 0.319 e. The Balaban J connectivity index is 1.51. The minimum Gasteiger partial charge on any atom is -0.497 e. The summed E-state index contributed by atoms with van der Waals surface area (Å²) < 4.78 is 5.08. The van der Waals surface area contributed by atoms with Gasteiger partial charge in [0.15, 0.2) is 0 Å². The van der Waals surface area contributed by atoms with E-state index in [9.17, 15) is 9.59 Å². The van der Waals surface area contributed by atoms with Gasteiger partial charge in [-0.2, -0.15) is 0 Å². The number of hydrogen-bond donors (Lipinski definition) is 4. The third-order valence-corrected chi connectivity index (χ3v) is 4.23. The van der Waals surface area contributed by atoms with Crippen LogP contribution in [0.25, 0.3) is 0 Å². The van der Waals surface area contributed by atoms with E-state index in [0.717, 1.165) is 11.3 Å². The highest BCUT2D eigenvalue weighted by Crippen LogP contribution is 2.18. The van der Waals surface area contributed by atoms with E-state index in [4.69, 9.17) is 10.5 Å². The quantitative estimate of drug-likeness (QED) is 0.480. The highest BCUT2D eigenvalue weighted by atomic mass is 16.5. The molecule has 7 nitrogen and oxygen atoms in total. The second-order valence-electron chi connectivity index (χ2n) is 6.27. The third-order valence-electron chi connectivity index (χ3n) is 4.23. The lowest BCUT2D eigenvalue weighted by molar-refractivity contribution is 0.102. The maximum Gasteiger partial charge on any atom is 0.319 e. The van der Waals surface area contributed by atoms with Gasteiger partial charge in [-0.3, -0.25) is 4.79 Å². The van der Waals surface area contributed by atoms with Crippen LogP contribution in [-0.2, 0) is 6.54 Å². The molecule has 0 aromatic heterocycles. The number of ether oxygens (including phenoxy) is 1. The van der Waals surface area contributed by atoms with Gasteiger partial charge in [-0.1, -0.05) is 24.3 Å². The monoisotopic (exact) mass is 390 g/mol. The summed E-state index contributed by atoms with van der Waals surface area (Å²) in [7, 11) is 1.58. The zero-order valence-electron chi connectivity index (χ0n) is 15.9. The number of hydrogen-bond acceptors (Lipinski definition) is 4. The molecule has 5 N–H and O–H groups in total. The Morgan fingerprint density at radius 3 is 2.24 bits per heavy atom. The average molecular weight is 390 g/mol. The van der Waals surface area contributed by atoms with Crippen molar-refractivity contribution < 1.29 is 14.3 Å². The minimum atomic E-state index is -0.323. The van der Waals surface area contributed by atoms with Crippen molar-refractivity contribution in [1.29, 1.82) is 0 Å². The van der Waals surface area contributed by atoms with Crippen LogP contribution in [0.1, 0.15) is 15.9 Å². The second kappa shape index (κ2) is 9.27. The largest absolute Gasteiger partial charge is 0.497 e. The number of para-hydroxylation sites is 2. The number of carbonyl (C=O) groups is 2. The highest BCUT2D eigenvalue weighted by molar-refractivity contribution is 6.05. The summed E-state index contributed by atoms with van der Waals surface area (Å²) in [6, 6.07) is 20.8. The van der Waals surface area contributed by atoms with Crippen LogP contribution >= 0.6 is 0 Å². The normalized spacial score (nSPS) is 10.1. The van der Waals surface area contributed by atoms with Gasteiger partial charge >= 0.3 is 6.03 Å². The Morgan fingerprint density at radius 1 is 0.897 bits per heavy atom. The SMILES string of the molecule is COc1ccc(NC(=O)NCc2ccc(C(=O)Nc3ccccc3N)cc2)cc1. The zero-order chi connectivity index (χ0) is 20.6. The molecule has 3 rings (SSSR count). The van der Waals surface area contributed by atoms with Crippen molar-refractivity contribution >= 4 is 29.0 Å². The fraction of sp³-hybridized carbons (Fsp3) is 0.0909. The van der Waals surface area contributed by atoms with Crippen LogP contribution < -0.4 is 26.4 Å². The van der Waals surface area contributed by atoms with Gasteiger partial charge < -0.3 is 26.4 Å². The molecule has 3 aromatic rings. The molecule has 0 unspecified atom stereocenters. The lowest BCUT2D eigenvalue weighted by Gasteiger charge is -2.10. The maximum absolute atomic E-state index is 12.3. The zero-order valence-corrected chi connectivity index (χ0v) is 15.9. The summed E-state index contributed by atoms with van der Waals surface area (Å²) >= 11 is 0. The summed E-state index contributed by atoms with van der Waals surface area (Å²) in [4.78, 5) is 24.4. The van der Waals surface area contributed by atoms with E-state index in [1.54, 1.807) is 79.9 Å². The van der Waals surface area contributed by atoms with E-state index in [1.165, 1.54) is 0 Å². The van der Waals surface area contributed by atoms with Gasteiger partial charge in [0.25, 0.3) is 5.91 Å². The average Bonchev–Trinajstić information content (AvgIpc) is 2.75. The van der Waals surface area contributed by atoms with Crippen molar-refractivity contribution in [3.05, 3.63) is 83.9 Å². The van der Waals surface area contributed by atoms with Crippen LogP contribution in [0.4, 0.5) is 21.9 Å². The maximum atomic E-state index is 12.3. The van der Waals surface area contributed by atoms with E-state index >= 15 is 0 Å². The second-order valence-corrected chi connectivity index (χ2v) is 6.27. The van der Waals surface area contributed by atoms with Crippen LogP contribution in [0, 0.1) is 0 Å². The Kier molecular flexibility index (Phi) is 6.32. The number of methoxy groups -OCH3 is 1. The van der Waals surface area contributed by atoms with Crippen molar-refractivity contribution in [1.82, 2.24) is 5.32 Å². The van der Waals surface area contributed by atoms with Gasteiger partial charge in [-0.05, 0) is 54.1 Å². The topological polar surface area (TPSA) is 105 Å². The van der Waals surface area contributed by atoms with Gasteiger partial charge in [-0.25, -0.2) is 4.79 Å². The first kappa shape index (κ1) is 19.8. The lowest BCUT2D eigenvalue weighted by atomic mass is 10.1. The molecular formula is C22H22N4O3. The van der Waals surface area contributed by atoms with Gasteiger partial charge in [0.2, 0.25) is 0 Å². The first-order valence-electron chi connectivity index (χ1n) is 8.99. The molecule has 0 saturated carbocycles. The summed E-state index contributed by atoms with van der Waals surface area (Å²) in [5.41, 5.74) is 8.94. The van der Waals surface area contributed by atoms with Gasteiger partial charge in [0, 0.05) is 17.8 Å². The molecule has 3 aromatic carbocycles. The standard InChI is InChI=1S/C22H22N4O3/c1-29-18-12-10-17(11-13-18)25-22(28)24-14-15-6-8-16(9-7-15)21(27)26-20-5-3-2-4-19(20)23/h2-13H,14,23H2,1H3,(H,26,27)(H2,24,25,28). The molecule has 0 radical (unpaired) electrons. The van der Waals surface area contributed by atoms with Crippen LogP contribution in [0.15, 0.2) is 72.8 Å². The Morgan fingerprint density at radius 2 is 1.59 bits per heavy atom. The number of benzene rings is 3. The first-order valence-corrected chi connectivity index (χ1v) is 8.99. The van der Waals surface area contributed by atoms with Crippen molar-refractivity contribution in [3.63, 3.8) is 0 Å². The molecular weight excluding hydrogens is 368 g/mol. The van der Waals surface area contributed by atoms with E-state index in [0.29, 0.717) is 29.2 Å². The molecule has 3 amide bonds. The fourth-order valence-electron chi connectivity index (χ4n) is 2.61. The van der Waals surface area contributed by atoms with Crippen LogP contribution in [0.2, 0.25) is 0 Å². The van der Waals surface area contributed by atoms with Gasteiger partial charge in [0.05, 0.1) is 18.5 Å². The van der Waals surface area contributed by atoms with Crippen LogP contribution in [0.5, 0.6) is 5.75 Å². The third kappa shape index (κ3) is 5.49. The molecule has 0 saturated heterocycles. The summed E-state index contributed by atoms with van der Waals surface area (Å²) in [5.74, 6) is 0.467. The Hall–Kier alpha value is -4.00. The van der Waals surface area contributed by atoms with Crippen molar-refractivity contribution in [2.75, 3.05) is 23.5 Å². The molecule has 7 heteroatoms. The summed E-state index contributed by atoms with van der Waals surface area (Å²) in [6.45, 7) is 0.329. The summed E-state index contributed by atoms with van der Waals surface area (Å²) in [5, 5.41) is 8.30. The van der Waals surface area contributed by atoms with Crippen LogP contribution in [0.3, 0.4) is 0 Å². The number of rotatable bonds is 6. The number of anilines is 3. The summed E-state index contributed by atoms with van der Waals surface area (Å²) in [6.07, 6.45) is 0. The number of urea groups is 1. The molecule has 0 aliphatic rings. The van der Waals surface area contributed by atoms with Crippen molar-refractivity contribution in [3.8, 4) is 5.75 Å². The molecule has 0 fully saturated rings. The number of nitrogen functional groups attached to an aromatic ring is 1. The molecule has 0 aliphatic heterocycles. The fourth-order valence-corrected chi connectivity index (χ4v) is 2.61. The van der Waals surface area contributed by atoms with E-state index < -0.39 is 0 Å². The number of carbonyl (C=O) groups excluding carboxylic acids is 2. The molecule has 0 heterocycles. The van der Waals surface area contributed by atoms with Crippen LogP contribution in [-0.4, -0.2) is 19.0 Å². The lowest BCUT2D eigenvalue weighted by Crippen LogP contribution is -2.28.